The van der Waals surface area contributed by atoms with Gasteiger partial charge in [-0.1, -0.05) is 0 Å². The van der Waals surface area contributed by atoms with Crippen molar-refractivity contribution in [2.45, 2.75) is 20.5 Å². The van der Waals surface area contributed by atoms with Gasteiger partial charge in [-0.25, -0.2) is 5.43 Å². The fourth-order valence-electron chi connectivity index (χ4n) is 1.81. The van der Waals surface area contributed by atoms with E-state index >= 15 is 0 Å². The van der Waals surface area contributed by atoms with Crippen LogP contribution in [0.25, 0.3) is 0 Å². The fraction of sp³-hybridized carbons (Fsp3) is 0.188. The summed E-state index contributed by atoms with van der Waals surface area (Å²) in [4.78, 5) is 30.7. The number of amides is 1. The highest BCUT2D eigenvalue weighted by molar-refractivity contribution is 5.95. The summed E-state index contributed by atoms with van der Waals surface area (Å²) in [6.45, 7) is 2.85. The van der Waals surface area contributed by atoms with E-state index in [1.807, 2.05) is 0 Å². The van der Waals surface area contributed by atoms with Crippen molar-refractivity contribution in [2.75, 3.05) is 0 Å². The number of carbonyl (C=O) groups is 2. The molecule has 2 heterocycles. The third kappa shape index (κ3) is 4.35. The van der Waals surface area contributed by atoms with Gasteiger partial charge < -0.3 is 9.84 Å². The first-order chi connectivity index (χ1) is 11.5. The zero-order chi connectivity index (χ0) is 17.5. The molecule has 2 N–H and O–H groups in total. The lowest BCUT2D eigenvalue weighted by Gasteiger charge is -2.09. The quantitative estimate of drug-likeness (QED) is 0.486. The van der Waals surface area contributed by atoms with Gasteiger partial charge >= 0.3 is 5.97 Å². The van der Waals surface area contributed by atoms with Gasteiger partial charge in [-0.15, -0.1) is 0 Å². The van der Waals surface area contributed by atoms with E-state index < -0.39 is 11.9 Å². The second-order valence-electron chi connectivity index (χ2n) is 4.85. The SMILES string of the molecule is CC(=O)OCc1cnc(C)c(O)c1/C=N\NC(=O)c1ccncc1. The highest BCUT2D eigenvalue weighted by atomic mass is 16.5. The van der Waals surface area contributed by atoms with E-state index in [1.165, 1.54) is 31.7 Å². The highest BCUT2D eigenvalue weighted by Crippen LogP contribution is 2.22. The number of aryl methyl sites for hydroxylation is 1. The van der Waals surface area contributed by atoms with Crippen molar-refractivity contribution in [3.63, 3.8) is 0 Å². The van der Waals surface area contributed by atoms with E-state index in [0.29, 0.717) is 22.4 Å². The number of hydrogen-bond acceptors (Lipinski definition) is 7. The number of aromatic hydroxyl groups is 1. The van der Waals surface area contributed by atoms with Crippen molar-refractivity contribution in [1.82, 2.24) is 15.4 Å². The third-order valence-corrected chi connectivity index (χ3v) is 3.09. The molecule has 8 heteroatoms. The number of carbonyl (C=O) groups excluding carboxylic acids is 2. The molecule has 0 bridgehead atoms. The minimum Gasteiger partial charge on any atom is -0.505 e. The van der Waals surface area contributed by atoms with Gasteiger partial charge in [0.2, 0.25) is 0 Å². The van der Waals surface area contributed by atoms with Crippen LogP contribution in [0.3, 0.4) is 0 Å². The van der Waals surface area contributed by atoms with Crippen LogP contribution in [0.1, 0.15) is 34.1 Å². The van der Waals surface area contributed by atoms with E-state index in [9.17, 15) is 14.7 Å². The van der Waals surface area contributed by atoms with Crippen LogP contribution in [0, 0.1) is 6.92 Å². The Morgan fingerprint density at radius 1 is 1.38 bits per heavy atom. The highest BCUT2D eigenvalue weighted by Gasteiger charge is 2.11. The van der Waals surface area contributed by atoms with Crippen molar-refractivity contribution < 1.29 is 19.4 Å². The minimum atomic E-state index is -0.455. The lowest BCUT2D eigenvalue weighted by molar-refractivity contribution is -0.142. The normalized spacial score (nSPS) is 10.6. The topological polar surface area (TPSA) is 114 Å². The number of esters is 1. The molecule has 0 aromatic carbocycles. The minimum absolute atomic E-state index is 0.0597. The van der Waals surface area contributed by atoms with Gasteiger partial charge in [0.05, 0.1) is 11.9 Å². The van der Waals surface area contributed by atoms with Crippen LogP contribution >= 0.6 is 0 Å². The molecule has 0 atom stereocenters. The molecule has 0 aliphatic rings. The second kappa shape index (κ2) is 7.82. The molecule has 0 fully saturated rings. The number of nitrogens with zero attached hydrogens (tertiary/aromatic N) is 3. The van der Waals surface area contributed by atoms with Crippen molar-refractivity contribution >= 4 is 18.1 Å². The zero-order valence-corrected chi connectivity index (χ0v) is 13.2. The number of nitrogens with one attached hydrogen (secondary N) is 1. The van der Waals surface area contributed by atoms with Crippen molar-refractivity contribution in [3.8, 4) is 5.75 Å². The summed E-state index contributed by atoms with van der Waals surface area (Å²) in [6, 6.07) is 3.09. The van der Waals surface area contributed by atoms with Gasteiger partial charge in [0.25, 0.3) is 5.91 Å². The Kier molecular flexibility index (Phi) is 5.56. The maximum absolute atomic E-state index is 11.9. The molecule has 124 valence electrons. The number of pyridine rings is 2. The summed E-state index contributed by atoms with van der Waals surface area (Å²) in [5.41, 5.74) is 3.93. The Hall–Kier alpha value is -3.29. The van der Waals surface area contributed by atoms with Crippen LogP contribution in [-0.4, -0.2) is 33.2 Å². The molecule has 1 amide bonds. The lowest BCUT2D eigenvalue weighted by atomic mass is 10.1. The van der Waals surface area contributed by atoms with Crippen LogP contribution in [-0.2, 0) is 16.1 Å². The Bertz CT molecular complexity index is 775. The van der Waals surface area contributed by atoms with Gasteiger partial charge in [0.1, 0.15) is 12.4 Å². The number of hydrogen-bond donors (Lipinski definition) is 2. The standard InChI is InChI=1S/C16H16N4O4/c1-10-15(22)14(13(7-18-10)9-24-11(2)21)8-19-20-16(23)12-3-5-17-6-4-12/h3-8,22H,9H2,1-2H3,(H,20,23)/b19-8-. The van der Waals surface area contributed by atoms with Crippen LogP contribution < -0.4 is 5.43 Å². The van der Waals surface area contributed by atoms with E-state index in [2.05, 4.69) is 20.5 Å². The molecule has 0 saturated carbocycles. The van der Waals surface area contributed by atoms with Crippen molar-refractivity contribution in [3.05, 3.63) is 53.1 Å². The molecule has 0 aliphatic heterocycles. The van der Waals surface area contributed by atoms with Crippen molar-refractivity contribution in [1.29, 1.82) is 0 Å². The lowest BCUT2D eigenvalue weighted by Crippen LogP contribution is -2.17. The molecule has 0 unspecified atom stereocenters. The molecule has 0 spiro atoms. The second-order valence-corrected chi connectivity index (χ2v) is 4.85. The predicted molar refractivity (Wildman–Crippen MR) is 85.4 cm³/mol. The molecule has 0 saturated heterocycles. The average molecular weight is 328 g/mol. The number of rotatable bonds is 5. The zero-order valence-electron chi connectivity index (χ0n) is 13.2. The molecule has 2 rings (SSSR count). The number of aromatic nitrogens is 2. The summed E-state index contributed by atoms with van der Waals surface area (Å²) in [7, 11) is 0. The van der Waals surface area contributed by atoms with Crippen LogP contribution in [0.4, 0.5) is 0 Å². The van der Waals surface area contributed by atoms with E-state index in [0.717, 1.165) is 0 Å². The molecule has 2 aromatic rings. The number of hydrazone groups is 1. The monoisotopic (exact) mass is 328 g/mol. The molecule has 8 nitrogen and oxygen atoms in total. The first-order valence-corrected chi connectivity index (χ1v) is 7.03. The molecule has 0 aliphatic carbocycles. The van der Waals surface area contributed by atoms with Gasteiger partial charge in [0, 0.05) is 42.2 Å². The van der Waals surface area contributed by atoms with Crippen LogP contribution in [0.5, 0.6) is 5.75 Å². The molecule has 0 radical (unpaired) electrons. The van der Waals surface area contributed by atoms with Crippen LogP contribution in [0.2, 0.25) is 0 Å². The predicted octanol–water partition coefficient (Wildman–Crippen LogP) is 1.32. The third-order valence-electron chi connectivity index (χ3n) is 3.09. The summed E-state index contributed by atoms with van der Waals surface area (Å²) in [5, 5.41) is 13.9. The molecule has 24 heavy (non-hydrogen) atoms. The summed E-state index contributed by atoms with van der Waals surface area (Å²) in [5.74, 6) is -0.967. The van der Waals surface area contributed by atoms with E-state index in [1.54, 1.807) is 19.1 Å². The van der Waals surface area contributed by atoms with E-state index in [4.69, 9.17) is 4.74 Å². The van der Waals surface area contributed by atoms with Crippen molar-refractivity contribution in [2.24, 2.45) is 5.10 Å². The van der Waals surface area contributed by atoms with Crippen LogP contribution in [0.15, 0.2) is 35.8 Å². The maximum atomic E-state index is 11.9. The maximum Gasteiger partial charge on any atom is 0.302 e. The average Bonchev–Trinajstić information content (AvgIpc) is 2.58. The fourth-order valence-corrected chi connectivity index (χ4v) is 1.81. The smallest absolute Gasteiger partial charge is 0.302 e. The summed E-state index contributed by atoms with van der Waals surface area (Å²) >= 11 is 0. The Labute approximate surface area is 138 Å². The summed E-state index contributed by atoms with van der Waals surface area (Å²) in [6.07, 6.45) is 5.74. The summed E-state index contributed by atoms with van der Waals surface area (Å²) < 4.78 is 4.91. The van der Waals surface area contributed by atoms with E-state index in [-0.39, 0.29) is 12.4 Å². The Balaban J connectivity index is 2.16. The first-order valence-electron chi connectivity index (χ1n) is 7.03. The molecular formula is C16H16N4O4. The van der Waals surface area contributed by atoms with Gasteiger partial charge in [-0.2, -0.15) is 5.10 Å². The van der Waals surface area contributed by atoms with Gasteiger partial charge in [0.15, 0.2) is 0 Å². The first kappa shape index (κ1) is 17.1. The van der Waals surface area contributed by atoms with Gasteiger partial charge in [-0.3, -0.25) is 19.6 Å². The largest absolute Gasteiger partial charge is 0.505 e. The Morgan fingerprint density at radius 3 is 2.75 bits per heavy atom. The Morgan fingerprint density at radius 2 is 2.08 bits per heavy atom. The molecule has 2 aromatic heterocycles. The molecular weight excluding hydrogens is 312 g/mol. The van der Waals surface area contributed by atoms with Gasteiger partial charge in [-0.05, 0) is 19.1 Å². The number of ether oxygens (including phenoxy) is 1.